The molecular formula is C16H19N3OS. The second-order valence-corrected chi connectivity index (χ2v) is 7.31. The number of nitrogens with zero attached hydrogens (tertiary/aromatic N) is 1. The molecule has 4 nitrogen and oxygen atoms in total. The molecule has 1 aromatic carbocycles. The summed E-state index contributed by atoms with van der Waals surface area (Å²) in [6.07, 6.45) is 0. The molecule has 2 N–H and O–H groups in total. The van der Waals surface area contributed by atoms with Gasteiger partial charge in [-0.3, -0.25) is 9.79 Å². The number of H-pyrrole nitrogens is 1. The number of aromatic amines is 1. The quantitative estimate of drug-likeness (QED) is 0.849. The van der Waals surface area contributed by atoms with Crippen LogP contribution in [0.1, 0.15) is 36.8 Å². The van der Waals surface area contributed by atoms with E-state index in [1.54, 1.807) is 11.8 Å². The molecular weight excluding hydrogens is 282 g/mol. The number of carbonyl (C=O) groups excluding carboxylic acids is 1. The largest absolute Gasteiger partial charge is 0.351 e. The number of amidine groups is 1. The van der Waals surface area contributed by atoms with E-state index >= 15 is 0 Å². The van der Waals surface area contributed by atoms with E-state index < -0.39 is 0 Å². The van der Waals surface area contributed by atoms with Gasteiger partial charge in [0.05, 0.1) is 6.54 Å². The van der Waals surface area contributed by atoms with Crippen molar-refractivity contribution in [3.8, 4) is 0 Å². The number of thioether (sulfide) groups is 1. The minimum atomic E-state index is -0.128. The number of amides is 1. The molecule has 1 aromatic heterocycles. The molecule has 1 aliphatic heterocycles. The molecule has 2 heterocycles. The Morgan fingerprint density at radius 3 is 2.81 bits per heavy atom. The van der Waals surface area contributed by atoms with Crippen LogP contribution in [0.4, 0.5) is 0 Å². The Bertz CT molecular complexity index is 725. The van der Waals surface area contributed by atoms with Crippen molar-refractivity contribution in [2.24, 2.45) is 4.99 Å². The first-order valence-electron chi connectivity index (χ1n) is 7.05. The number of fused-ring (bicyclic) bond motifs is 1. The number of benzene rings is 1. The van der Waals surface area contributed by atoms with Gasteiger partial charge < -0.3 is 10.3 Å². The van der Waals surface area contributed by atoms with Gasteiger partial charge in [0.25, 0.3) is 5.91 Å². The van der Waals surface area contributed by atoms with Crippen molar-refractivity contribution in [2.45, 2.75) is 26.2 Å². The zero-order chi connectivity index (χ0) is 15.0. The molecule has 3 rings (SSSR count). The fourth-order valence-electron chi connectivity index (χ4n) is 2.29. The van der Waals surface area contributed by atoms with Crippen LogP contribution in [-0.2, 0) is 5.41 Å². The first-order valence-corrected chi connectivity index (χ1v) is 8.04. The van der Waals surface area contributed by atoms with E-state index in [9.17, 15) is 4.79 Å². The van der Waals surface area contributed by atoms with Crippen LogP contribution in [0.15, 0.2) is 29.3 Å². The third kappa shape index (κ3) is 2.97. The second-order valence-electron chi connectivity index (χ2n) is 6.22. The number of rotatable bonds is 1. The van der Waals surface area contributed by atoms with Crippen molar-refractivity contribution >= 4 is 33.7 Å². The minimum Gasteiger partial charge on any atom is -0.351 e. The Hall–Kier alpha value is -1.75. The number of aromatic nitrogens is 1. The first kappa shape index (κ1) is 14.2. The van der Waals surface area contributed by atoms with Gasteiger partial charge in [-0.25, -0.2) is 0 Å². The van der Waals surface area contributed by atoms with E-state index in [1.165, 1.54) is 5.56 Å². The summed E-state index contributed by atoms with van der Waals surface area (Å²) in [5, 5.41) is 4.61. The number of nitrogens with one attached hydrogen (secondary N) is 2. The van der Waals surface area contributed by atoms with Crippen LogP contribution in [0, 0.1) is 0 Å². The highest BCUT2D eigenvalue weighted by atomic mass is 32.2. The molecule has 0 saturated carbocycles. The Kier molecular flexibility index (Phi) is 3.53. The maximum absolute atomic E-state index is 12.2. The smallest absolute Gasteiger partial charge is 0.273 e. The molecule has 0 unspecified atom stereocenters. The van der Waals surface area contributed by atoms with Crippen LogP contribution >= 0.6 is 11.8 Å². The van der Waals surface area contributed by atoms with Gasteiger partial charge in [0.2, 0.25) is 0 Å². The predicted molar refractivity (Wildman–Crippen MR) is 89.2 cm³/mol. The molecule has 1 amide bonds. The van der Waals surface area contributed by atoms with Gasteiger partial charge in [-0.15, -0.1) is 0 Å². The second kappa shape index (κ2) is 5.22. The summed E-state index contributed by atoms with van der Waals surface area (Å²) < 4.78 is 0. The number of aliphatic imine (C=N–C) groups is 1. The summed E-state index contributed by atoms with van der Waals surface area (Å²) in [4.78, 5) is 19.7. The van der Waals surface area contributed by atoms with E-state index in [2.05, 4.69) is 54.3 Å². The summed E-state index contributed by atoms with van der Waals surface area (Å²) in [7, 11) is 0. The van der Waals surface area contributed by atoms with Crippen LogP contribution in [-0.4, -0.2) is 28.4 Å². The zero-order valence-corrected chi connectivity index (χ0v) is 13.3. The van der Waals surface area contributed by atoms with Crippen LogP contribution in [0.25, 0.3) is 10.9 Å². The van der Waals surface area contributed by atoms with Crippen molar-refractivity contribution in [3.63, 3.8) is 0 Å². The SMILES string of the molecule is CC(C)(C)c1ccc2cc(C(=O)NC3=NCCS3)[nH]c2c1. The fraction of sp³-hybridized carbons (Fsp3) is 0.375. The van der Waals surface area contributed by atoms with Gasteiger partial charge in [-0.1, -0.05) is 44.7 Å². The summed E-state index contributed by atoms with van der Waals surface area (Å²) in [6, 6.07) is 8.19. The third-order valence-electron chi connectivity index (χ3n) is 3.54. The van der Waals surface area contributed by atoms with E-state index in [0.29, 0.717) is 10.9 Å². The molecule has 0 spiro atoms. The van der Waals surface area contributed by atoms with Gasteiger partial charge in [-0.05, 0) is 23.1 Å². The molecule has 5 heteroatoms. The van der Waals surface area contributed by atoms with Gasteiger partial charge in [0, 0.05) is 16.7 Å². The Morgan fingerprint density at radius 2 is 2.14 bits per heavy atom. The van der Waals surface area contributed by atoms with Gasteiger partial charge in [0.1, 0.15) is 5.69 Å². The van der Waals surface area contributed by atoms with Gasteiger partial charge in [0.15, 0.2) is 5.17 Å². The predicted octanol–water partition coefficient (Wildman–Crippen LogP) is 3.30. The lowest BCUT2D eigenvalue weighted by atomic mass is 9.87. The van der Waals surface area contributed by atoms with Crippen LogP contribution in [0.3, 0.4) is 0 Å². The average Bonchev–Trinajstić information content (AvgIpc) is 3.04. The van der Waals surface area contributed by atoms with E-state index in [4.69, 9.17) is 0 Å². The van der Waals surface area contributed by atoms with Gasteiger partial charge in [-0.2, -0.15) is 0 Å². The van der Waals surface area contributed by atoms with E-state index in [1.807, 2.05) is 6.07 Å². The van der Waals surface area contributed by atoms with Crippen LogP contribution in [0.5, 0.6) is 0 Å². The van der Waals surface area contributed by atoms with Crippen molar-refractivity contribution in [1.29, 1.82) is 0 Å². The summed E-state index contributed by atoms with van der Waals surface area (Å²) in [6.45, 7) is 7.32. The molecule has 1 aliphatic rings. The molecule has 2 aromatic rings. The minimum absolute atomic E-state index is 0.0942. The van der Waals surface area contributed by atoms with Crippen LogP contribution < -0.4 is 5.32 Å². The van der Waals surface area contributed by atoms with Crippen molar-refractivity contribution in [2.75, 3.05) is 12.3 Å². The topological polar surface area (TPSA) is 57.2 Å². The lowest BCUT2D eigenvalue weighted by Gasteiger charge is -2.18. The molecule has 0 aliphatic carbocycles. The monoisotopic (exact) mass is 301 g/mol. The standard InChI is InChI=1S/C16H19N3OS/c1-16(2,3)11-5-4-10-8-13(18-12(10)9-11)14(20)19-15-17-6-7-21-15/h4-5,8-9,18H,6-7H2,1-3H3,(H,17,19,20). The first-order chi connectivity index (χ1) is 9.93. The summed E-state index contributed by atoms with van der Waals surface area (Å²) in [5.74, 6) is 0.814. The van der Waals surface area contributed by atoms with Crippen molar-refractivity contribution in [1.82, 2.24) is 10.3 Å². The highest BCUT2D eigenvalue weighted by molar-refractivity contribution is 8.14. The average molecular weight is 301 g/mol. The number of hydrogen-bond donors (Lipinski definition) is 2. The summed E-state index contributed by atoms with van der Waals surface area (Å²) >= 11 is 1.58. The normalized spacial score (nSPS) is 15.3. The molecule has 0 atom stereocenters. The lowest BCUT2D eigenvalue weighted by Crippen LogP contribution is -2.27. The molecule has 21 heavy (non-hydrogen) atoms. The molecule has 0 radical (unpaired) electrons. The Labute approximate surface area is 128 Å². The third-order valence-corrected chi connectivity index (χ3v) is 4.43. The molecule has 0 saturated heterocycles. The Morgan fingerprint density at radius 1 is 1.33 bits per heavy atom. The summed E-state index contributed by atoms with van der Waals surface area (Å²) in [5.41, 5.74) is 2.91. The number of hydrogen-bond acceptors (Lipinski definition) is 3. The maximum atomic E-state index is 12.2. The highest BCUT2D eigenvalue weighted by Crippen LogP contribution is 2.26. The number of carbonyl (C=O) groups is 1. The zero-order valence-electron chi connectivity index (χ0n) is 12.5. The van der Waals surface area contributed by atoms with E-state index in [0.717, 1.165) is 23.2 Å². The molecule has 110 valence electrons. The molecule has 0 bridgehead atoms. The Balaban J connectivity index is 1.88. The van der Waals surface area contributed by atoms with Crippen molar-refractivity contribution in [3.05, 3.63) is 35.5 Å². The van der Waals surface area contributed by atoms with Crippen LogP contribution in [0.2, 0.25) is 0 Å². The fourth-order valence-corrected chi connectivity index (χ4v) is 3.01. The maximum Gasteiger partial charge on any atom is 0.273 e. The van der Waals surface area contributed by atoms with Crippen molar-refractivity contribution < 1.29 is 4.79 Å². The highest BCUT2D eigenvalue weighted by Gasteiger charge is 2.17. The molecule has 0 fully saturated rings. The van der Waals surface area contributed by atoms with Gasteiger partial charge >= 0.3 is 0 Å². The van der Waals surface area contributed by atoms with E-state index in [-0.39, 0.29) is 11.3 Å². The lowest BCUT2D eigenvalue weighted by molar-refractivity contribution is 0.0974.